The number of nitrogens with zero attached hydrogens (tertiary/aromatic N) is 4. The number of amides is 1. The number of carbonyl (C=O) groups is 1. The molecule has 0 saturated carbocycles. The van der Waals surface area contributed by atoms with Gasteiger partial charge < -0.3 is 14.2 Å². The maximum absolute atomic E-state index is 12.9. The highest BCUT2D eigenvalue weighted by atomic mass is 16.5. The Bertz CT molecular complexity index is 631. The van der Waals surface area contributed by atoms with Crippen molar-refractivity contribution in [2.24, 2.45) is 7.05 Å². The molecule has 112 valence electrons. The summed E-state index contributed by atoms with van der Waals surface area (Å²) in [6, 6.07) is 5.79. The second-order valence-corrected chi connectivity index (χ2v) is 5.38. The van der Waals surface area contributed by atoms with Crippen LogP contribution in [0.25, 0.3) is 0 Å². The number of methoxy groups -OCH3 is 1. The third-order valence-corrected chi connectivity index (χ3v) is 4.03. The van der Waals surface area contributed by atoms with E-state index >= 15 is 0 Å². The SMILES string of the molecule is COC[C@H]1CCn2nccc2CN1C(=O)c1cccn1C. The zero-order valence-corrected chi connectivity index (χ0v) is 12.4. The molecule has 1 aliphatic rings. The summed E-state index contributed by atoms with van der Waals surface area (Å²) >= 11 is 0. The van der Waals surface area contributed by atoms with Crippen LogP contribution in [0.15, 0.2) is 30.6 Å². The molecule has 0 bridgehead atoms. The van der Waals surface area contributed by atoms with Crippen LogP contribution in [-0.2, 0) is 24.9 Å². The van der Waals surface area contributed by atoms with Crippen LogP contribution in [0.3, 0.4) is 0 Å². The molecule has 0 spiro atoms. The molecular weight excluding hydrogens is 268 g/mol. The van der Waals surface area contributed by atoms with Gasteiger partial charge in [-0.1, -0.05) is 0 Å². The summed E-state index contributed by atoms with van der Waals surface area (Å²) in [5.41, 5.74) is 1.76. The van der Waals surface area contributed by atoms with Gasteiger partial charge >= 0.3 is 0 Å². The zero-order valence-electron chi connectivity index (χ0n) is 12.4. The highest BCUT2D eigenvalue weighted by Gasteiger charge is 2.29. The molecule has 0 fully saturated rings. The average molecular weight is 288 g/mol. The number of ether oxygens (including phenoxy) is 1. The van der Waals surface area contributed by atoms with E-state index in [-0.39, 0.29) is 11.9 Å². The fourth-order valence-corrected chi connectivity index (χ4v) is 2.86. The maximum Gasteiger partial charge on any atom is 0.271 e. The first-order valence-corrected chi connectivity index (χ1v) is 7.12. The molecule has 0 radical (unpaired) electrons. The molecule has 1 amide bonds. The minimum atomic E-state index is 0.0409. The predicted octanol–water partition coefficient (Wildman–Crippen LogP) is 1.28. The van der Waals surface area contributed by atoms with E-state index in [0.717, 1.165) is 18.7 Å². The van der Waals surface area contributed by atoms with Gasteiger partial charge in [0.05, 0.1) is 24.9 Å². The van der Waals surface area contributed by atoms with Gasteiger partial charge in [-0.2, -0.15) is 5.10 Å². The number of hydrogen-bond acceptors (Lipinski definition) is 3. The number of fused-ring (bicyclic) bond motifs is 1. The van der Waals surface area contributed by atoms with E-state index in [1.54, 1.807) is 13.3 Å². The van der Waals surface area contributed by atoms with Crippen LogP contribution in [0.5, 0.6) is 0 Å². The molecule has 0 aliphatic carbocycles. The molecule has 0 unspecified atom stereocenters. The second-order valence-electron chi connectivity index (χ2n) is 5.38. The van der Waals surface area contributed by atoms with Gasteiger partial charge in [0.15, 0.2) is 0 Å². The van der Waals surface area contributed by atoms with Crippen LogP contribution in [0.4, 0.5) is 0 Å². The second kappa shape index (κ2) is 5.73. The number of rotatable bonds is 3. The molecule has 0 saturated heterocycles. The van der Waals surface area contributed by atoms with Gasteiger partial charge in [0.1, 0.15) is 5.69 Å². The zero-order chi connectivity index (χ0) is 14.8. The molecular formula is C15H20N4O2. The molecule has 21 heavy (non-hydrogen) atoms. The van der Waals surface area contributed by atoms with E-state index in [4.69, 9.17) is 4.74 Å². The van der Waals surface area contributed by atoms with Crippen LogP contribution >= 0.6 is 0 Å². The summed E-state index contributed by atoms with van der Waals surface area (Å²) in [6.07, 6.45) is 4.52. The predicted molar refractivity (Wildman–Crippen MR) is 77.8 cm³/mol. The number of aryl methyl sites for hydroxylation is 2. The third-order valence-electron chi connectivity index (χ3n) is 4.03. The average Bonchev–Trinajstić information content (AvgIpc) is 3.06. The Kier molecular flexibility index (Phi) is 3.79. The summed E-state index contributed by atoms with van der Waals surface area (Å²) in [7, 11) is 3.56. The van der Waals surface area contributed by atoms with Crippen LogP contribution in [0.2, 0.25) is 0 Å². The molecule has 0 aromatic carbocycles. The fraction of sp³-hybridized carbons (Fsp3) is 0.467. The third kappa shape index (κ3) is 2.58. The standard InChI is InChI=1S/C15H20N4O2/c1-17-8-3-4-14(17)15(20)18-10-12-5-7-16-19(12)9-6-13(18)11-21-2/h3-5,7-8,13H,6,9-11H2,1-2H3/t13-/m1/s1. The van der Waals surface area contributed by atoms with Crippen molar-refractivity contribution in [3.05, 3.63) is 42.0 Å². The minimum absolute atomic E-state index is 0.0409. The van der Waals surface area contributed by atoms with Gasteiger partial charge in [-0.25, -0.2) is 0 Å². The van der Waals surface area contributed by atoms with E-state index < -0.39 is 0 Å². The first kappa shape index (κ1) is 13.9. The van der Waals surface area contributed by atoms with Crippen molar-refractivity contribution in [1.82, 2.24) is 19.2 Å². The first-order chi connectivity index (χ1) is 10.2. The van der Waals surface area contributed by atoms with E-state index in [0.29, 0.717) is 18.8 Å². The summed E-state index contributed by atoms with van der Waals surface area (Å²) in [5.74, 6) is 0.0409. The molecule has 3 rings (SSSR count). The highest BCUT2D eigenvalue weighted by Crippen LogP contribution is 2.20. The first-order valence-electron chi connectivity index (χ1n) is 7.12. The van der Waals surface area contributed by atoms with Crippen LogP contribution in [-0.4, -0.2) is 44.9 Å². The van der Waals surface area contributed by atoms with Crippen molar-refractivity contribution in [3.63, 3.8) is 0 Å². The number of carbonyl (C=O) groups excluding carboxylic acids is 1. The molecule has 3 heterocycles. The van der Waals surface area contributed by atoms with Crippen molar-refractivity contribution in [1.29, 1.82) is 0 Å². The number of hydrogen-bond donors (Lipinski definition) is 0. The van der Waals surface area contributed by atoms with Crippen molar-refractivity contribution < 1.29 is 9.53 Å². The van der Waals surface area contributed by atoms with Crippen LogP contribution in [0, 0.1) is 0 Å². The van der Waals surface area contributed by atoms with Gasteiger partial charge in [0.25, 0.3) is 5.91 Å². The molecule has 6 heteroatoms. The Hall–Kier alpha value is -2.08. The Morgan fingerprint density at radius 2 is 2.33 bits per heavy atom. The highest BCUT2D eigenvalue weighted by molar-refractivity contribution is 5.93. The van der Waals surface area contributed by atoms with Gasteiger partial charge in [-0.3, -0.25) is 9.48 Å². The molecule has 6 nitrogen and oxygen atoms in total. The van der Waals surface area contributed by atoms with Crippen molar-refractivity contribution in [3.8, 4) is 0 Å². The minimum Gasteiger partial charge on any atom is -0.383 e. The lowest BCUT2D eigenvalue weighted by atomic mass is 10.1. The van der Waals surface area contributed by atoms with Gasteiger partial charge in [-0.15, -0.1) is 0 Å². The fourth-order valence-electron chi connectivity index (χ4n) is 2.86. The van der Waals surface area contributed by atoms with Gasteiger partial charge in [-0.05, 0) is 24.6 Å². The summed E-state index contributed by atoms with van der Waals surface area (Å²) < 4.78 is 9.14. The van der Waals surface area contributed by atoms with E-state index in [9.17, 15) is 4.79 Å². The molecule has 1 aliphatic heterocycles. The van der Waals surface area contributed by atoms with Crippen molar-refractivity contribution >= 4 is 5.91 Å². The topological polar surface area (TPSA) is 52.3 Å². The monoisotopic (exact) mass is 288 g/mol. The Balaban J connectivity index is 1.91. The molecule has 2 aromatic rings. The van der Waals surface area contributed by atoms with Crippen LogP contribution in [0.1, 0.15) is 22.6 Å². The summed E-state index contributed by atoms with van der Waals surface area (Å²) in [5, 5.41) is 4.32. The maximum atomic E-state index is 12.9. The lowest BCUT2D eigenvalue weighted by Gasteiger charge is -2.29. The quantitative estimate of drug-likeness (QED) is 0.855. The molecule has 2 aromatic heterocycles. The summed E-state index contributed by atoms with van der Waals surface area (Å²) in [6.45, 7) is 1.92. The van der Waals surface area contributed by atoms with Crippen molar-refractivity contribution in [2.75, 3.05) is 13.7 Å². The smallest absolute Gasteiger partial charge is 0.271 e. The Morgan fingerprint density at radius 1 is 1.48 bits per heavy atom. The van der Waals surface area contributed by atoms with E-state index in [1.165, 1.54) is 0 Å². The Labute approximate surface area is 123 Å². The van der Waals surface area contributed by atoms with Gasteiger partial charge in [0.2, 0.25) is 0 Å². The lowest BCUT2D eigenvalue weighted by molar-refractivity contribution is 0.0494. The Morgan fingerprint density at radius 3 is 3.05 bits per heavy atom. The number of aromatic nitrogens is 3. The van der Waals surface area contributed by atoms with E-state index in [1.807, 2.05) is 45.6 Å². The largest absolute Gasteiger partial charge is 0.383 e. The van der Waals surface area contributed by atoms with Gasteiger partial charge in [0, 0.05) is 33.1 Å². The van der Waals surface area contributed by atoms with E-state index in [2.05, 4.69) is 5.10 Å². The van der Waals surface area contributed by atoms with Crippen LogP contribution < -0.4 is 0 Å². The molecule has 1 atom stereocenters. The molecule has 0 N–H and O–H groups in total. The normalized spacial score (nSPS) is 18.4. The van der Waals surface area contributed by atoms with Crippen molar-refractivity contribution in [2.45, 2.75) is 25.6 Å². The lowest BCUT2D eigenvalue weighted by Crippen LogP contribution is -2.42. The summed E-state index contributed by atoms with van der Waals surface area (Å²) in [4.78, 5) is 14.8.